The first-order valence-electron chi connectivity index (χ1n) is 6.23. The SMILES string of the molecule is O=Cc1cccc(Cl)c1OCC1(O)CCCCC1. The van der Waals surface area contributed by atoms with E-state index in [1.54, 1.807) is 18.2 Å². The van der Waals surface area contributed by atoms with Crippen LogP contribution >= 0.6 is 11.6 Å². The zero-order chi connectivity index (χ0) is 13.0. The predicted molar refractivity (Wildman–Crippen MR) is 70.4 cm³/mol. The molecule has 3 nitrogen and oxygen atoms in total. The fourth-order valence-corrected chi connectivity index (χ4v) is 2.57. The average Bonchev–Trinajstić information content (AvgIpc) is 2.38. The van der Waals surface area contributed by atoms with Gasteiger partial charge in [-0.15, -0.1) is 0 Å². The van der Waals surface area contributed by atoms with Crippen molar-refractivity contribution in [2.45, 2.75) is 37.7 Å². The zero-order valence-corrected chi connectivity index (χ0v) is 10.9. The maximum atomic E-state index is 10.9. The van der Waals surface area contributed by atoms with Crippen molar-refractivity contribution in [3.63, 3.8) is 0 Å². The summed E-state index contributed by atoms with van der Waals surface area (Å²) < 4.78 is 5.59. The van der Waals surface area contributed by atoms with E-state index in [4.69, 9.17) is 16.3 Å². The Balaban J connectivity index is 2.07. The van der Waals surface area contributed by atoms with E-state index >= 15 is 0 Å². The highest BCUT2D eigenvalue weighted by atomic mass is 35.5. The molecule has 1 aliphatic rings. The molecule has 0 unspecified atom stereocenters. The molecule has 1 N–H and O–H groups in total. The van der Waals surface area contributed by atoms with Crippen molar-refractivity contribution in [2.24, 2.45) is 0 Å². The van der Waals surface area contributed by atoms with Crippen molar-refractivity contribution in [1.29, 1.82) is 0 Å². The van der Waals surface area contributed by atoms with Gasteiger partial charge in [-0.2, -0.15) is 0 Å². The molecule has 0 spiro atoms. The second-order valence-electron chi connectivity index (χ2n) is 4.85. The van der Waals surface area contributed by atoms with Crippen LogP contribution in [0.25, 0.3) is 0 Å². The van der Waals surface area contributed by atoms with Crippen LogP contribution in [-0.2, 0) is 0 Å². The minimum atomic E-state index is -0.780. The summed E-state index contributed by atoms with van der Waals surface area (Å²) in [6.07, 6.45) is 5.40. The van der Waals surface area contributed by atoms with E-state index < -0.39 is 5.60 Å². The molecule has 1 aromatic rings. The van der Waals surface area contributed by atoms with Gasteiger partial charge < -0.3 is 9.84 Å². The molecule has 98 valence electrons. The lowest BCUT2D eigenvalue weighted by atomic mass is 9.85. The topological polar surface area (TPSA) is 46.5 Å². The molecular weight excluding hydrogens is 252 g/mol. The quantitative estimate of drug-likeness (QED) is 0.853. The smallest absolute Gasteiger partial charge is 0.153 e. The van der Waals surface area contributed by atoms with Gasteiger partial charge in [0, 0.05) is 0 Å². The predicted octanol–water partition coefficient (Wildman–Crippen LogP) is 3.23. The minimum absolute atomic E-state index is 0.192. The number of benzene rings is 1. The van der Waals surface area contributed by atoms with Crippen LogP contribution in [0.5, 0.6) is 5.75 Å². The summed E-state index contributed by atoms with van der Waals surface area (Å²) in [5, 5.41) is 10.7. The van der Waals surface area contributed by atoms with Crippen molar-refractivity contribution < 1.29 is 14.6 Å². The van der Waals surface area contributed by atoms with Crippen LogP contribution in [0, 0.1) is 0 Å². The number of ether oxygens (including phenoxy) is 1. The molecule has 0 saturated heterocycles. The number of hydrogen-bond acceptors (Lipinski definition) is 3. The monoisotopic (exact) mass is 268 g/mol. The second-order valence-corrected chi connectivity index (χ2v) is 5.26. The summed E-state index contributed by atoms with van der Waals surface area (Å²) in [6, 6.07) is 5.03. The standard InChI is InChI=1S/C14H17ClO3/c15-12-6-4-5-11(9-16)13(12)18-10-14(17)7-2-1-3-8-14/h4-6,9,17H,1-3,7-8,10H2. The number of halogens is 1. The maximum Gasteiger partial charge on any atom is 0.153 e. The van der Waals surface area contributed by atoms with Crippen molar-refractivity contribution >= 4 is 17.9 Å². The molecule has 4 heteroatoms. The molecule has 1 saturated carbocycles. The second kappa shape index (κ2) is 5.72. The van der Waals surface area contributed by atoms with Crippen LogP contribution in [0.2, 0.25) is 5.02 Å². The minimum Gasteiger partial charge on any atom is -0.488 e. The first kappa shape index (κ1) is 13.4. The van der Waals surface area contributed by atoms with Crippen molar-refractivity contribution in [3.8, 4) is 5.75 Å². The molecule has 0 heterocycles. The molecule has 0 aliphatic heterocycles. The van der Waals surface area contributed by atoms with Gasteiger partial charge in [0.05, 0.1) is 16.2 Å². The fraction of sp³-hybridized carbons (Fsp3) is 0.500. The molecule has 0 aromatic heterocycles. The van der Waals surface area contributed by atoms with Crippen LogP contribution < -0.4 is 4.74 Å². The molecule has 0 radical (unpaired) electrons. The molecule has 2 rings (SSSR count). The Labute approximate surface area is 112 Å². The number of aldehydes is 1. The van der Waals surface area contributed by atoms with Gasteiger partial charge in [-0.3, -0.25) is 4.79 Å². The van der Waals surface area contributed by atoms with E-state index in [-0.39, 0.29) is 6.61 Å². The third kappa shape index (κ3) is 3.03. The summed E-state index contributed by atoms with van der Waals surface area (Å²) in [4.78, 5) is 10.9. The van der Waals surface area contributed by atoms with E-state index in [0.29, 0.717) is 22.6 Å². The Morgan fingerprint density at radius 2 is 2.06 bits per heavy atom. The number of carbonyl (C=O) groups is 1. The van der Waals surface area contributed by atoms with Gasteiger partial charge in [0.15, 0.2) is 6.29 Å². The molecule has 0 atom stereocenters. The van der Waals surface area contributed by atoms with Gasteiger partial charge in [-0.25, -0.2) is 0 Å². The van der Waals surface area contributed by atoms with E-state index in [0.717, 1.165) is 32.1 Å². The van der Waals surface area contributed by atoms with Gasteiger partial charge >= 0.3 is 0 Å². The van der Waals surface area contributed by atoms with Gasteiger partial charge in [-0.1, -0.05) is 36.9 Å². The summed E-state index contributed by atoms with van der Waals surface area (Å²) in [6.45, 7) is 0.192. The van der Waals surface area contributed by atoms with E-state index in [2.05, 4.69) is 0 Å². The number of para-hydroxylation sites is 1. The van der Waals surface area contributed by atoms with Gasteiger partial charge in [-0.05, 0) is 25.0 Å². The highest BCUT2D eigenvalue weighted by Crippen LogP contribution is 2.32. The normalized spacial score (nSPS) is 18.3. The summed E-state index contributed by atoms with van der Waals surface area (Å²) in [5.41, 5.74) is -0.362. The van der Waals surface area contributed by atoms with Crippen LogP contribution in [-0.4, -0.2) is 23.6 Å². The van der Waals surface area contributed by atoms with E-state index in [9.17, 15) is 9.90 Å². The van der Waals surface area contributed by atoms with Gasteiger partial charge in [0.2, 0.25) is 0 Å². The Hall–Kier alpha value is -1.06. The van der Waals surface area contributed by atoms with Crippen molar-refractivity contribution in [2.75, 3.05) is 6.61 Å². The summed E-state index contributed by atoms with van der Waals surface area (Å²) in [7, 11) is 0. The van der Waals surface area contributed by atoms with Crippen LogP contribution in [0.3, 0.4) is 0 Å². The fourth-order valence-electron chi connectivity index (χ4n) is 2.33. The molecule has 1 aromatic carbocycles. The van der Waals surface area contributed by atoms with E-state index in [1.807, 2.05) is 0 Å². The summed E-state index contributed by atoms with van der Waals surface area (Å²) in [5.74, 6) is 0.369. The summed E-state index contributed by atoms with van der Waals surface area (Å²) >= 11 is 6.01. The third-order valence-electron chi connectivity index (χ3n) is 3.39. The van der Waals surface area contributed by atoms with Crippen molar-refractivity contribution in [3.05, 3.63) is 28.8 Å². The van der Waals surface area contributed by atoms with E-state index in [1.165, 1.54) is 0 Å². The third-order valence-corrected chi connectivity index (χ3v) is 3.69. The molecule has 18 heavy (non-hydrogen) atoms. The molecular formula is C14H17ClO3. The highest BCUT2D eigenvalue weighted by molar-refractivity contribution is 6.32. The average molecular weight is 269 g/mol. The first-order chi connectivity index (χ1) is 8.64. The number of rotatable bonds is 4. The lowest BCUT2D eigenvalue weighted by molar-refractivity contribution is -0.0339. The largest absolute Gasteiger partial charge is 0.488 e. The molecule has 0 bridgehead atoms. The number of aliphatic hydroxyl groups is 1. The van der Waals surface area contributed by atoms with Crippen LogP contribution in [0.4, 0.5) is 0 Å². The molecule has 0 amide bonds. The highest BCUT2D eigenvalue weighted by Gasteiger charge is 2.30. The number of hydrogen-bond donors (Lipinski definition) is 1. The van der Waals surface area contributed by atoms with Crippen molar-refractivity contribution in [1.82, 2.24) is 0 Å². The lowest BCUT2D eigenvalue weighted by Crippen LogP contribution is -2.38. The Bertz CT molecular complexity index is 425. The maximum absolute atomic E-state index is 10.9. The molecule has 1 fully saturated rings. The Morgan fingerprint density at radius 3 is 2.72 bits per heavy atom. The Kier molecular flexibility index (Phi) is 4.25. The van der Waals surface area contributed by atoms with Crippen LogP contribution in [0.15, 0.2) is 18.2 Å². The van der Waals surface area contributed by atoms with Crippen LogP contribution in [0.1, 0.15) is 42.5 Å². The van der Waals surface area contributed by atoms with Gasteiger partial charge in [0.1, 0.15) is 12.4 Å². The molecule has 1 aliphatic carbocycles. The zero-order valence-electron chi connectivity index (χ0n) is 10.2. The lowest BCUT2D eigenvalue weighted by Gasteiger charge is -2.31. The van der Waals surface area contributed by atoms with Gasteiger partial charge in [0.25, 0.3) is 0 Å². The Morgan fingerprint density at radius 1 is 1.33 bits per heavy atom. The first-order valence-corrected chi connectivity index (χ1v) is 6.61. The number of carbonyl (C=O) groups excluding carboxylic acids is 1.